The summed E-state index contributed by atoms with van der Waals surface area (Å²) in [6.45, 7) is 4.85. The summed E-state index contributed by atoms with van der Waals surface area (Å²) < 4.78 is 24.2. The number of nitrogens with zero attached hydrogens (tertiary/aromatic N) is 1. The second kappa shape index (κ2) is 6.79. The van der Waals surface area contributed by atoms with Gasteiger partial charge in [0, 0.05) is 24.7 Å². The van der Waals surface area contributed by atoms with E-state index in [9.17, 15) is 13.2 Å². The van der Waals surface area contributed by atoms with Crippen LogP contribution in [0.5, 0.6) is 0 Å². The summed E-state index contributed by atoms with van der Waals surface area (Å²) in [5, 5.41) is 2.65. The van der Waals surface area contributed by atoms with Gasteiger partial charge in [0.25, 0.3) is 5.91 Å². The summed E-state index contributed by atoms with van der Waals surface area (Å²) in [7, 11) is -1.41. The van der Waals surface area contributed by atoms with Crippen LogP contribution in [0.4, 0.5) is 0 Å². The van der Waals surface area contributed by atoms with Crippen LogP contribution in [-0.4, -0.2) is 50.7 Å². The molecule has 0 bridgehead atoms. The van der Waals surface area contributed by atoms with Gasteiger partial charge in [0.15, 0.2) is 9.84 Å². The minimum absolute atomic E-state index is 0.0220. The van der Waals surface area contributed by atoms with E-state index in [2.05, 4.69) is 5.32 Å². The fraction of sp³-hybridized carbons (Fsp3) is 0.562. The van der Waals surface area contributed by atoms with Crippen molar-refractivity contribution in [1.82, 2.24) is 10.2 Å². The maximum Gasteiger partial charge on any atom is 0.254 e. The summed E-state index contributed by atoms with van der Waals surface area (Å²) in [5.41, 5.74) is 0.547. The highest BCUT2D eigenvalue weighted by Gasteiger charge is 2.29. The lowest BCUT2D eigenvalue weighted by Gasteiger charge is -2.24. The number of likely N-dealkylation sites (tertiary alicyclic amines) is 1. The van der Waals surface area contributed by atoms with Crippen molar-refractivity contribution in [2.45, 2.75) is 42.9 Å². The normalized spacial score (nSPS) is 18.9. The predicted molar refractivity (Wildman–Crippen MR) is 86.7 cm³/mol. The number of sulfone groups is 1. The van der Waals surface area contributed by atoms with Gasteiger partial charge in [-0.15, -0.1) is 0 Å². The molecule has 1 heterocycles. The van der Waals surface area contributed by atoms with Crippen molar-refractivity contribution >= 4 is 15.7 Å². The number of likely N-dealkylation sites (N-methyl/N-ethyl adjacent to an activating group) is 1. The molecule has 0 saturated carbocycles. The quantitative estimate of drug-likeness (QED) is 0.895. The smallest absolute Gasteiger partial charge is 0.254 e. The Hall–Kier alpha value is -1.40. The maximum atomic E-state index is 12.6. The first-order chi connectivity index (χ1) is 10.4. The first-order valence-corrected chi connectivity index (χ1v) is 9.22. The topological polar surface area (TPSA) is 66.5 Å². The van der Waals surface area contributed by atoms with Gasteiger partial charge in [-0.1, -0.05) is 0 Å². The Kier molecular flexibility index (Phi) is 5.24. The highest BCUT2D eigenvalue weighted by Crippen LogP contribution is 2.21. The van der Waals surface area contributed by atoms with Gasteiger partial charge < -0.3 is 10.2 Å². The van der Waals surface area contributed by atoms with Crippen molar-refractivity contribution in [2.24, 2.45) is 0 Å². The van der Waals surface area contributed by atoms with Gasteiger partial charge in [-0.3, -0.25) is 4.79 Å². The minimum atomic E-state index is -3.29. The van der Waals surface area contributed by atoms with Crippen molar-refractivity contribution in [2.75, 3.05) is 20.1 Å². The molecule has 1 aliphatic rings. The molecule has 0 radical (unpaired) electrons. The minimum Gasteiger partial charge on any atom is -0.334 e. The average molecular weight is 324 g/mol. The van der Waals surface area contributed by atoms with E-state index >= 15 is 0 Å². The van der Waals surface area contributed by atoms with Crippen molar-refractivity contribution < 1.29 is 13.2 Å². The molecule has 1 amide bonds. The number of nitrogens with one attached hydrogen (secondary N) is 1. The predicted octanol–water partition coefficient (Wildman–Crippen LogP) is 1.69. The molecular weight excluding hydrogens is 300 g/mol. The second-order valence-corrected chi connectivity index (χ2v) is 8.47. The van der Waals surface area contributed by atoms with E-state index in [-0.39, 0.29) is 16.8 Å². The number of carbonyl (C=O) groups is 1. The largest absolute Gasteiger partial charge is 0.334 e. The van der Waals surface area contributed by atoms with E-state index in [1.165, 1.54) is 12.1 Å². The molecule has 1 unspecified atom stereocenters. The lowest BCUT2D eigenvalue weighted by Crippen LogP contribution is -2.40. The monoisotopic (exact) mass is 324 g/mol. The molecule has 1 atom stereocenters. The van der Waals surface area contributed by atoms with Gasteiger partial charge in [0.1, 0.15) is 0 Å². The Bertz CT molecular complexity index is 623. The third kappa shape index (κ3) is 3.33. The van der Waals surface area contributed by atoms with Crippen LogP contribution in [0.2, 0.25) is 0 Å². The van der Waals surface area contributed by atoms with Crippen LogP contribution < -0.4 is 5.32 Å². The Morgan fingerprint density at radius 2 is 1.95 bits per heavy atom. The van der Waals surface area contributed by atoms with Gasteiger partial charge in [0.2, 0.25) is 0 Å². The van der Waals surface area contributed by atoms with Crippen molar-refractivity contribution in [3.8, 4) is 0 Å². The number of hydrogen-bond acceptors (Lipinski definition) is 4. The van der Waals surface area contributed by atoms with Crippen LogP contribution in [0, 0.1) is 0 Å². The summed E-state index contributed by atoms with van der Waals surface area (Å²) in [6, 6.07) is 6.52. The number of carbonyl (C=O) groups excluding carboxylic acids is 1. The van der Waals surface area contributed by atoms with Crippen LogP contribution in [-0.2, 0) is 9.84 Å². The molecule has 1 aliphatic heterocycles. The lowest BCUT2D eigenvalue weighted by molar-refractivity contribution is 0.0737. The fourth-order valence-electron chi connectivity index (χ4n) is 2.78. The molecule has 0 spiro atoms. The molecule has 1 fully saturated rings. The van der Waals surface area contributed by atoms with E-state index in [4.69, 9.17) is 0 Å². The Morgan fingerprint density at radius 1 is 1.32 bits per heavy atom. The molecule has 122 valence electrons. The number of hydrogen-bond donors (Lipinski definition) is 1. The molecule has 0 aliphatic carbocycles. The van der Waals surface area contributed by atoms with E-state index in [1.54, 1.807) is 26.0 Å². The highest BCUT2D eigenvalue weighted by atomic mass is 32.2. The number of rotatable bonds is 5. The van der Waals surface area contributed by atoms with Crippen LogP contribution in [0.3, 0.4) is 0 Å². The third-order valence-electron chi connectivity index (χ3n) is 4.13. The van der Waals surface area contributed by atoms with Crippen LogP contribution in [0.15, 0.2) is 29.2 Å². The summed E-state index contributed by atoms with van der Waals surface area (Å²) in [5.74, 6) is -0.0220. The molecule has 6 heteroatoms. The van der Waals surface area contributed by atoms with Crippen molar-refractivity contribution in [3.05, 3.63) is 29.8 Å². The van der Waals surface area contributed by atoms with Gasteiger partial charge >= 0.3 is 0 Å². The first kappa shape index (κ1) is 17.0. The summed E-state index contributed by atoms with van der Waals surface area (Å²) >= 11 is 0. The van der Waals surface area contributed by atoms with E-state index in [0.717, 1.165) is 25.9 Å². The fourth-order valence-corrected chi connectivity index (χ4v) is 3.84. The van der Waals surface area contributed by atoms with Crippen LogP contribution in [0.25, 0.3) is 0 Å². The van der Waals surface area contributed by atoms with E-state index in [1.807, 2.05) is 11.9 Å². The SMILES string of the molecule is CNCC1CCCN1C(=O)c1ccc(S(=O)(=O)C(C)C)cc1. The molecule has 1 N–H and O–H groups in total. The average Bonchev–Trinajstić information content (AvgIpc) is 2.95. The lowest BCUT2D eigenvalue weighted by atomic mass is 10.1. The zero-order valence-electron chi connectivity index (χ0n) is 13.4. The van der Waals surface area contributed by atoms with E-state index in [0.29, 0.717) is 5.56 Å². The van der Waals surface area contributed by atoms with Gasteiger partial charge in [-0.05, 0) is 58.0 Å². The maximum absolute atomic E-state index is 12.6. The molecule has 1 aromatic carbocycles. The zero-order chi connectivity index (χ0) is 16.3. The van der Waals surface area contributed by atoms with Crippen LogP contribution in [0.1, 0.15) is 37.0 Å². The molecule has 2 rings (SSSR count). The third-order valence-corrected chi connectivity index (χ3v) is 6.30. The Balaban J connectivity index is 2.18. The Morgan fingerprint density at radius 3 is 2.50 bits per heavy atom. The summed E-state index contributed by atoms with van der Waals surface area (Å²) in [6.07, 6.45) is 2.02. The van der Waals surface area contributed by atoms with Gasteiger partial charge in [0.05, 0.1) is 10.1 Å². The van der Waals surface area contributed by atoms with Gasteiger partial charge in [-0.2, -0.15) is 0 Å². The molecule has 1 saturated heterocycles. The van der Waals surface area contributed by atoms with Crippen molar-refractivity contribution in [1.29, 1.82) is 0 Å². The molecule has 5 nitrogen and oxygen atoms in total. The molecule has 1 aromatic rings. The standard InChI is InChI=1S/C16H24N2O3S/c1-12(2)22(20,21)15-8-6-13(7-9-15)16(19)18-10-4-5-14(18)11-17-3/h6-9,12,14,17H,4-5,10-11H2,1-3H3. The van der Waals surface area contributed by atoms with Gasteiger partial charge in [-0.25, -0.2) is 8.42 Å². The molecular formula is C16H24N2O3S. The first-order valence-electron chi connectivity index (χ1n) is 7.67. The molecule has 22 heavy (non-hydrogen) atoms. The highest BCUT2D eigenvalue weighted by molar-refractivity contribution is 7.92. The zero-order valence-corrected chi connectivity index (χ0v) is 14.2. The number of amides is 1. The van der Waals surface area contributed by atoms with Crippen LogP contribution >= 0.6 is 0 Å². The summed E-state index contributed by atoms with van der Waals surface area (Å²) in [4.78, 5) is 14.7. The Labute approximate surface area is 132 Å². The number of benzene rings is 1. The molecule has 0 aromatic heterocycles. The van der Waals surface area contributed by atoms with Crippen molar-refractivity contribution in [3.63, 3.8) is 0 Å². The second-order valence-electron chi connectivity index (χ2n) is 5.97. The van der Waals surface area contributed by atoms with E-state index < -0.39 is 15.1 Å².